The Hall–Kier alpha value is -2.45. The normalized spacial score (nSPS) is 23.0. The lowest BCUT2D eigenvalue weighted by atomic mass is 9.94. The fourth-order valence-electron chi connectivity index (χ4n) is 4.20. The lowest BCUT2D eigenvalue weighted by molar-refractivity contribution is -0.141. The van der Waals surface area contributed by atoms with E-state index in [0.29, 0.717) is 13.0 Å². The van der Waals surface area contributed by atoms with E-state index in [1.165, 1.54) is 16.0 Å². The summed E-state index contributed by atoms with van der Waals surface area (Å²) < 4.78 is 37.9. The number of rotatable bonds is 2. The number of carbonyl (C=O) groups excluding carboxylic acids is 1. The molecule has 2 aromatic rings. The van der Waals surface area contributed by atoms with E-state index in [0.717, 1.165) is 37.8 Å². The van der Waals surface area contributed by atoms with Gasteiger partial charge in [-0.25, -0.2) is 0 Å². The van der Waals surface area contributed by atoms with Crippen LogP contribution in [0.1, 0.15) is 33.6 Å². The molecule has 2 aliphatic rings. The van der Waals surface area contributed by atoms with Gasteiger partial charge in [0.1, 0.15) is 5.69 Å². The summed E-state index contributed by atoms with van der Waals surface area (Å²) in [6, 6.07) is 10.2. The molecule has 1 N–H and O–H groups in total. The topological polar surface area (TPSA) is 56.7 Å². The molecule has 0 saturated carbocycles. The van der Waals surface area contributed by atoms with Crippen LogP contribution in [0.15, 0.2) is 42.6 Å². The van der Waals surface area contributed by atoms with Crippen molar-refractivity contribution in [2.24, 2.45) is 0 Å². The standard InChI is InChI=1S/C21H22F3N3O2/c22-21(23,24)19-6-5-15(11-25-19)20(29)27-10-8-17(18(28)13-27)26-9-7-14-3-1-2-4-16(14)12-26/h1-6,11,17-18,28H,7-10,12-13H2/t17-,18-/m1/s1. The first-order valence-corrected chi connectivity index (χ1v) is 9.64. The molecular weight excluding hydrogens is 383 g/mol. The van der Waals surface area contributed by atoms with E-state index >= 15 is 0 Å². The van der Waals surface area contributed by atoms with Gasteiger partial charge in [0.05, 0.1) is 11.7 Å². The molecular formula is C21H22F3N3O2. The molecule has 29 heavy (non-hydrogen) atoms. The summed E-state index contributed by atoms with van der Waals surface area (Å²) >= 11 is 0. The highest BCUT2D eigenvalue weighted by molar-refractivity contribution is 5.94. The van der Waals surface area contributed by atoms with Crippen molar-refractivity contribution in [3.05, 3.63) is 65.0 Å². The summed E-state index contributed by atoms with van der Waals surface area (Å²) in [6.45, 7) is 2.23. The number of halogens is 3. The van der Waals surface area contributed by atoms with Crippen molar-refractivity contribution in [1.82, 2.24) is 14.8 Å². The van der Waals surface area contributed by atoms with E-state index in [9.17, 15) is 23.1 Å². The average Bonchev–Trinajstić information content (AvgIpc) is 2.72. The number of fused-ring (bicyclic) bond motifs is 1. The number of aliphatic hydroxyl groups excluding tert-OH is 1. The molecule has 154 valence electrons. The Morgan fingerprint density at radius 1 is 1.10 bits per heavy atom. The highest BCUT2D eigenvalue weighted by Gasteiger charge is 2.36. The number of aromatic nitrogens is 1. The first-order valence-electron chi connectivity index (χ1n) is 9.64. The first-order chi connectivity index (χ1) is 13.8. The predicted octanol–water partition coefficient (Wildman–Crippen LogP) is 2.73. The second-order valence-corrected chi connectivity index (χ2v) is 7.59. The summed E-state index contributed by atoms with van der Waals surface area (Å²) in [5.74, 6) is -0.410. The van der Waals surface area contributed by atoms with Crippen LogP contribution in [0.5, 0.6) is 0 Å². The van der Waals surface area contributed by atoms with E-state index in [2.05, 4.69) is 22.0 Å². The Balaban J connectivity index is 1.39. The smallest absolute Gasteiger partial charge is 0.390 e. The molecule has 5 nitrogen and oxygen atoms in total. The first kappa shape index (κ1) is 19.8. The van der Waals surface area contributed by atoms with Crippen LogP contribution in [-0.4, -0.2) is 57.6 Å². The molecule has 0 aliphatic carbocycles. The largest absolute Gasteiger partial charge is 0.433 e. The zero-order chi connectivity index (χ0) is 20.6. The molecule has 1 amide bonds. The van der Waals surface area contributed by atoms with E-state index in [1.54, 1.807) is 0 Å². The summed E-state index contributed by atoms with van der Waals surface area (Å²) in [7, 11) is 0. The number of hydrogen-bond acceptors (Lipinski definition) is 4. The number of hydrogen-bond donors (Lipinski definition) is 1. The number of alkyl halides is 3. The molecule has 1 aromatic carbocycles. The number of β-amino-alcohol motifs (C(OH)–C–C–N with tert-alkyl or cyclic N) is 1. The third-order valence-electron chi connectivity index (χ3n) is 5.76. The molecule has 4 rings (SSSR count). The second-order valence-electron chi connectivity index (χ2n) is 7.59. The zero-order valence-electron chi connectivity index (χ0n) is 15.8. The van der Waals surface area contributed by atoms with Crippen LogP contribution in [0.2, 0.25) is 0 Å². The maximum atomic E-state index is 12.6. The minimum Gasteiger partial charge on any atom is -0.390 e. The predicted molar refractivity (Wildman–Crippen MR) is 100 cm³/mol. The van der Waals surface area contributed by atoms with Crippen molar-refractivity contribution in [2.45, 2.75) is 37.7 Å². The SMILES string of the molecule is O=C(c1ccc(C(F)(F)F)nc1)N1CC[C@@H](N2CCc3ccccc3C2)[C@H](O)C1. The number of piperidine rings is 1. The van der Waals surface area contributed by atoms with Crippen LogP contribution in [0.3, 0.4) is 0 Å². The Bertz CT molecular complexity index is 885. The lowest BCUT2D eigenvalue weighted by Gasteiger charge is -2.43. The van der Waals surface area contributed by atoms with Crippen LogP contribution in [0.4, 0.5) is 13.2 Å². The summed E-state index contributed by atoms with van der Waals surface area (Å²) in [6.07, 6.45) is -2.75. The van der Waals surface area contributed by atoms with Gasteiger partial charge in [-0.3, -0.25) is 14.7 Å². The molecule has 1 fully saturated rings. The van der Waals surface area contributed by atoms with Crippen molar-refractivity contribution < 1.29 is 23.1 Å². The highest BCUT2D eigenvalue weighted by atomic mass is 19.4. The quantitative estimate of drug-likeness (QED) is 0.835. The molecule has 0 spiro atoms. The minimum absolute atomic E-state index is 0.0434. The molecule has 2 aliphatic heterocycles. The van der Waals surface area contributed by atoms with Gasteiger partial charge in [-0.2, -0.15) is 13.2 Å². The molecule has 1 saturated heterocycles. The third kappa shape index (κ3) is 4.13. The monoisotopic (exact) mass is 405 g/mol. The van der Waals surface area contributed by atoms with Crippen LogP contribution in [-0.2, 0) is 19.1 Å². The number of benzene rings is 1. The number of likely N-dealkylation sites (tertiary alicyclic amines) is 1. The third-order valence-corrected chi connectivity index (χ3v) is 5.76. The lowest BCUT2D eigenvalue weighted by Crippen LogP contribution is -2.56. The average molecular weight is 405 g/mol. The molecule has 0 bridgehead atoms. The van der Waals surface area contributed by atoms with Crippen molar-refractivity contribution in [1.29, 1.82) is 0 Å². The van der Waals surface area contributed by atoms with E-state index < -0.39 is 23.9 Å². The van der Waals surface area contributed by atoms with Crippen molar-refractivity contribution in [2.75, 3.05) is 19.6 Å². The van der Waals surface area contributed by atoms with Gasteiger partial charge in [0, 0.05) is 38.4 Å². The van der Waals surface area contributed by atoms with Gasteiger partial charge >= 0.3 is 6.18 Å². The maximum absolute atomic E-state index is 12.6. The fraction of sp³-hybridized carbons (Fsp3) is 0.429. The second kappa shape index (κ2) is 7.76. The van der Waals surface area contributed by atoms with Crippen LogP contribution >= 0.6 is 0 Å². The van der Waals surface area contributed by atoms with Gasteiger partial charge in [0.15, 0.2) is 0 Å². The summed E-state index contributed by atoms with van der Waals surface area (Å²) in [5.41, 5.74) is 1.66. The maximum Gasteiger partial charge on any atom is 0.433 e. The minimum atomic E-state index is -4.54. The molecule has 1 aromatic heterocycles. The van der Waals surface area contributed by atoms with E-state index in [-0.39, 0.29) is 18.2 Å². The fourth-order valence-corrected chi connectivity index (χ4v) is 4.20. The Labute approximate surface area is 166 Å². The van der Waals surface area contributed by atoms with Crippen molar-refractivity contribution in [3.8, 4) is 0 Å². The number of amides is 1. The van der Waals surface area contributed by atoms with Crippen LogP contribution in [0.25, 0.3) is 0 Å². The van der Waals surface area contributed by atoms with Crippen LogP contribution < -0.4 is 0 Å². The molecule has 8 heteroatoms. The zero-order valence-corrected chi connectivity index (χ0v) is 15.8. The summed E-state index contributed by atoms with van der Waals surface area (Å²) in [4.78, 5) is 19.7. The van der Waals surface area contributed by atoms with E-state index in [1.807, 2.05) is 12.1 Å². The number of nitrogens with zero attached hydrogens (tertiary/aromatic N) is 3. The van der Waals surface area contributed by atoms with Crippen molar-refractivity contribution in [3.63, 3.8) is 0 Å². The van der Waals surface area contributed by atoms with Crippen molar-refractivity contribution >= 4 is 5.91 Å². The molecule has 2 atom stereocenters. The summed E-state index contributed by atoms with van der Waals surface area (Å²) in [5, 5.41) is 10.7. The Kier molecular flexibility index (Phi) is 5.31. The van der Waals surface area contributed by atoms with Gasteiger partial charge < -0.3 is 10.0 Å². The molecule has 3 heterocycles. The molecule has 0 unspecified atom stereocenters. The van der Waals surface area contributed by atoms with Gasteiger partial charge in [0.25, 0.3) is 5.91 Å². The van der Waals surface area contributed by atoms with Gasteiger partial charge in [0.2, 0.25) is 0 Å². The van der Waals surface area contributed by atoms with E-state index in [4.69, 9.17) is 0 Å². The van der Waals surface area contributed by atoms with Gasteiger partial charge in [-0.15, -0.1) is 0 Å². The number of aliphatic hydroxyl groups is 1. The Morgan fingerprint density at radius 2 is 1.86 bits per heavy atom. The Morgan fingerprint density at radius 3 is 2.52 bits per heavy atom. The van der Waals surface area contributed by atoms with Gasteiger partial charge in [-0.1, -0.05) is 24.3 Å². The number of carbonyl (C=O) groups is 1. The highest BCUT2D eigenvalue weighted by Crippen LogP contribution is 2.28. The molecule has 0 radical (unpaired) electrons. The van der Waals surface area contributed by atoms with Gasteiger partial charge in [-0.05, 0) is 36.1 Å². The van der Waals surface area contributed by atoms with Crippen LogP contribution in [0, 0.1) is 0 Å². The number of pyridine rings is 1.